The van der Waals surface area contributed by atoms with E-state index in [4.69, 9.17) is 4.74 Å². The number of rotatable bonds is 7. The van der Waals surface area contributed by atoms with Crippen molar-refractivity contribution in [1.82, 2.24) is 10.2 Å². The number of methoxy groups -OCH3 is 1. The molecular weight excluding hydrogens is 336 g/mol. The lowest BCUT2D eigenvalue weighted by molar-refractivity contribution is -0.133. The molecule has 1 atom stereocenters. The first-order chi connectivity index (χ1) is 11.9. The summed E-state index contributed by atoms with van der Waals surface area (Å²) in [5.41, 5.74) is 0.500. The van der Waals surface area contributed by atoms with Crippen LogP contribution in [0.3, 0.4) is 0 Å². The summed E-state index contributed by atoms with van der Waals surface area (Å²) >= 11 is 1.61. The molecule has 25 heavy (non-hydrogen) atoms. The van der Waals surface area contributed by atoms with Crippen molar-refractivity contribution in [1.29, 1.82) is 0 Å². The van der Waals surface area contributed by atoms with Gasteiger partial charge in [-0.15, -0.1) is 11.3 Å². The molecule has 0 spiro atoms. The van der Waals surface area contributed by atoms with Gasteiger partial charge < -0.3 is 15.0 Å². The second kappa shape index (κ2) is 8.67. The van der Waals surface area contributed by atoms with Crippen molar-refractivity contribution in [3.05, 3.63) is 52.2 Å². The minimum atomic E-state index is -0.570. The highest BCUT2D eigenvalue weighted by atomic mass is 32.1. The zero-order valence-electron chi connectivity index (χ0n) is 15.0. The van der Waals surface area contributed by atoms with E-state index in [1.165, 1.54) is 0 Å². The molecule has 1 heterocycles. The summed E-state index contributed by atoms with van der Waals surface area (Å²) in [6.07, 6.45) is 0. The average Bonchev–Trinajstić information content (AvgIpc) is 3.11. The summed E-state index contributed by atoms with van der Waals surface area (Å²) in [5.74, 6) is 0.314. The largest absolute Gasteiger partial charge is 0.497 e. The number of amides is 2. The van der Waals surface area contributed by atoms with Crippen molar-refractivity contribution in [3.63, 3.8) is 0 Å². The van der Waals surface area contributed by atoms with Crippen molar-refractivity contribution in [2.45, 2.75) is 26.4 Å². The van der Waals surface area contributed by atoms with Gasteiger partial charge in [-0.2, -0.15) is 0 Å². The molecule has 0 saturated carbocycles. The van der Waals surface area contributed by atoms with Crippen LogP contribution in [0.4, 0.5) is 0 Å². The molecule has 1 aromatic heterocycles. The SMILES string of the molecule is COc1ccc(C(=O)N[C@H](C(=O)N(C)Cc2cccs2)C(C)C)cc1. The van der Waals surface area contributed by atoms with Gasteiger partial charge in [0.25, 0.3) is 5.91 Å². The van der Waals surface area contributed by atoms with Crippen LogP contribution in [-0.2, 0) is 11.3 Å². The third-order valence-electron chi connectivity index (χ3n) is 3.92. The summed E-state index contributed by atoms with van der Waals surface area (Å²) in [7, 11) is 3.34. The Kier molecular flexibility index (Phi) is 6.58. The number of likely N-dealkylation sites (N-methyl/N-ethyl adjacent to an activating group) is 1. The van der Waals surface area contributed by atoms with Crippen molar-refractivity contribution < 1.29 is 14.3 Å². The number of benzene rings is 1. The first-order valence-corrected chi connectivity index (χ1v) is 9.02. The van der Waals surface area contributed by atoms with Gasteiger partial charge in [-0.3, -0.25) is 9.59 Å². The summed E-state index contributed by atoms with van der Waals surface area (Å²) < 4.78 is 5.10. The lowest BCUT2D eigenvalue weighted by Gasteiger charge is -2.27. The van der Waals surface area contributed by atoms with Crippen molar-refractivity contribution in [2.24, 2.45) is 5.92 Å². The molecule has 1 aromatic carbocycles. The lowest BCUT2D eigenvalue weighted by atomic mass is 10.0. The van der Waals surface area contributed by atoms with Gasteiger partial charge in [-0.05, 0) is 41.6 Å². The molecule has 6 heteroatoms. The molecular formula is C19H24N2O3S. The van der Waals surface area contributed by atoms with Gasteiger partial charge in [0.1, 0.15) is 11.8 Å². The highest BCUT2D eigenvalue weighted by molar-refractivity contribution is 7.09. The van der Waals surface area contributed by atoms with Crippen LogP contribution in [0.1, 0.15) is 29.1 Å². The van der Waals surface area contributed by atoms with E-state index in [2.05, 4.69) is 5.32 Å². The third-order valence-corrected chi connectivity index (χ3v) is 4.78. The van der Waals surface area contributed by atoms with E-state index >= 15 is 0 Å². The van der Waals surface area contributed by atoms with Crippen LogP contribution < -0.4 is 10.1 Å². The maximum atomic E-state index is 12.8. The Hall–Kier alpha value is -2.34. The van der Waals surface area contributed by atoms with Gasteiger partial charge >= 0.3 is 0 Å². The van der Waals surface area contributed by atoms with Crippen molar-refractivity contribution in [3.8, 4) is 5.75 Å². The molecule has 1 N–H and O–H groups in total. The van der Waals surface area contributed by atoms with Gasteiger partial charge in [-0.25, -0.2) is 0 Å². The minimum absolute atomic E-state index is 0.0134. The maximum Gasteiger partial charge on any atom is 0.251 e. The summed E-state index contributed by atoms with van der Waals surface area (Å²) in [6, 6.07) is 10.2. The molecule has 2 rings (SSSR count). The predicted molar refractivity (Wildman–Crippen MR) is 99.9 cm³/mol. The van der Waals surface area contributed by atoms with E-state index < -0.39 is 6.04 Å². The molecule has 134 valence electrons. The van der Waals surface area contributed by atoms with Crippen molar-refractivity contribution >= 4 is 23.2 Å². The van der Waals surface area contributed by atoms with E-state index in [1.807, 2.05) is 31.4 Å². The molecule has 0 fully saturated rings. The monoisotopic (exact) mass is 360 g/mol. The molecule has 0 saturated heterocycles. The summed E-state index contributed by atoms with van der Waals surface area (Å²) in [4.78, 5) is 28.0. The second-order valence-electron chi connectivity index (χ2n) is 6.20. The first kappa shape index (κ1) is 19.0. The van der Waals surface area contributed by atoms with E-state index in [-0.39, 0.29) is 17.7 Å². The van der Waals surface area contributed by atoms with Crippen LogP contribution in [0.25, 0.3) is 0 Å². The highest BCUT2D eigenvalue weighted by Crippen LogP contribution is 2.15. The molecule has 2 aromatic rings. The highest BCUT2D eigenvalue weighted by Gasteiger charge is 2.27. The number of thiophene rings is 1. The van der Waals surface area contributed by atoms with Gasteiger partial charge in [0.2, 0.25) is 5.91 Å². The van der Waals surface area contributed by atoms with Crippen LogP contribution >= 0.6 is 11.3 Å². The van der Waals surface area contributed by atoms with Crippen LogP contribution in [0.15, 0.2) is 41.8 Å². The van der Waals surface area contributed by atoms with Gasteiger partial charge in [0, 0.05) is 17.5 Å². The van der Waals surface area contributed by atoms with Crippen LogP contribution in [-0.4, -0.2) is 36.9 Å². The molecule has 5 nitrogen and oxygen atoms in total. The quantitative estimate of drug-likeness (QED) is 0.825. The smallest absolute Gasteiger partial charge is 0.251 e. The van der Waals surface area contributed by atoms with E-state index in [0.717, 1.165) is 4.88 Å². The number of ether oxygens (including phenoxy) is 1. The number of nitrogens with zero attached hydrogens (tertiary/aromatic N) is 1. The average molecular weight is 360 g/mol. The number of nitrogens with one attached hydrogen (secondary N) is 1. The molecule has 0 unspecified atom stereocenters. The van der Waals surface area contributed by atoms with Crippen LogP contribution in [0, 0.1) is 5.92 Å². The number of hydrogen-bond donors (Lipinski definition) is 1. The Morgan fingerprint density at radius 1 is 1.20 bits per heavy atom. The number of carbonyl (C=O) groups is 2. The van der Waals surface area contributed by atoms with E-state index in [9.17, 15) is 9.59 Å². The van der Waals surface area contributed by atoms with Crippen LogP contribution in [0.5, 0.6) is 5.75 Å². The zero-order chi connectivity index (χ0) is 18.4. The molecule has 0 aliphatic heterocycles. The van der Waals surface area contributed by atoms with Crippen molar-refractivity contribution in [2.75, 3.05) is 14.2 Å². The molecule has 0 aliphatic carbocycles. The Morgan fingerprint density at radius 3 is 2.40 bits per heavy atom. The summed E-state index contributed by atoms with van der Waals surface area (Å²) in [6.45, 7) is 4.39. The third kappa shape index (κ3) is 5.06. The lowest BCUT2D eigenvalue weighted by Crippen LogP contribution is -2.49. The molecule has 0 aliphatic rings. The van der Waals surface area contributed by atoms with Gasteiger partial charge in [0.15, 0.2) is 0 Å². The normalized spacial score (nSPS) is 11.9. The molecule has 2 amide bonds. The van der Waals surface area contributed by atoms with E-state index in [1.54, 1.807) is 54.7 Å². The van der Waals surface area contributed by atoms with Gasteiger partial charge in [-0.1, -0.05) is 19.9 Å². The standard InChI is InChI=1S/C19H24N2O3S/c1-13(2)17(19(23)21(3)12-16-6-5-11-25-16)20-18(22)14-7-9-15(24-4)10-8-14/h5-11,13,17H,12H2,1-4H3,(H,20,22)/t17-/m0/s1. The number of carbonyl (C=O) groups excluding carboxylic acids is 2. The Labute approximate surface area is 152 Å². The molecule has 0 radical (unpaired) electrons. The summed E-state index contributed by atoms with van der Waals surface area (Å²) in [5, 5.41) is 4.85. The second-order valence-corrected chi connectivity index (χ2v) is 7.23. The van der Waals surface area contributed by atoms with E-state index in [0.29, 0.717) is 17.9 Å². The fraction of sp³-hybridized carbons (Fsp3) is 0.368. The molecule has 0 bridgehead atoms. The predicted octanol–water partition coefficient (Wildman–Crippen LogP) is 3.17. The first-order valence-electron chi connectivity index (χ1n) is 8.14. The maximum absolute atomic E-state index is 12.8. The minimum Gasteiger partial charge on any atom is -0.497 e. The Morgan fingerprint density at radius 2 is 1.88 bits per heavy atom. The van der Waals surface area contributed by atoms with Crippen LogP contribution in [0.2, 0.25) is 0 Å². The fourth-order valence-corrected chi connectivity index (χ4v) is 3.19. The van der Waals surface area contributed by atoms with Gasteiger partial charge in [0.05, 0.1) is 13.7 Å². The fourth-order valence-electron chi connectivity index (χ4n) is 2.43. The Bertz CT molecular complexity index is 696. The Balaban J connectivity index is 2.05. The zero-order valence-corrected chi connectivity index (χ0v) is 15.8. The number of hydrogen-bond acceptors (Lipinski definition) is 4. The topological polar surface area (TPSA) is 58.6 Å².